The highest BCUT2D eigenvalue weighted by molar-refractivity contribution is 8.13. The number of rotatable bonds is 14. The van der Waals surface area contributed by atoms with Gasteiger partial charge in [0, 0.05) is 50.3 Å². The van der Waals surface area contributed by atoms with E-state index in [1.54, 1.807) is 41.6 Å². The monoisotopic (exact) mass is 821 g/mol. The summed E-state index contributed by atoms with van der Waals surface area (Å²) in [5.74, 6) is 2.37. The Labute approximate surface area is 334 Å². The summed E-state index contributed by atoms with van der Waals surface area (Å²) in [6.45, 7) is 2.56. The molecule has 6 rings (SSSR count). The van der Waals surface area contributed by atoms with E-state index in [2.05, 4.69) is 53.5 Å². The van der Waals surface area contributed by atoms with Gasteiger partial charge in [-0.05, 0) is 97.0 Å². The van der Waals surface area contributed by atoms with Crippen LogP contribution in [-0.2, 0) is 59.1 Å². The second kappa shape index (κ2) is 20.7. The minimum atomic E-state index is -3.77. The maximum Gasteiger partial charge on any atom is 0.280 e. The van der Waals surface area contributed by atoms with Crippen LogP contribution in [-0.4, -0.2) is 62.0 Å². The number of aryl methyl sites for hydroxylation is 5. The van der Waals surface area contributed by atoms with Crippen LogP contribution in [0.4, 0.5) is 0 Å². The van der Waals surface area contributed by atoms with Crippen LogP contribution in [0.1, 0.15) is 34.2 Å². The Morgan fingerprint density at radius 2 is 0.911 bits per heavy atom. The number of hydrogen-bond donors (Lipinski definition) is 0. The Hall–Kier alpha value is -5.15. The highest BCUT2D eigenvalue weighted by atomic mass is 35.7. The van der Waals surface area contributed by atoms with Crippen molar-refractivity contribution in [3.63, 3.8) is 0 Å². The topological polar surface area (TPSA) is 135 Å². The van der Waals surface area contributed by atoms with Crippen molar-refractivity contribution in [3.8, 4) is 17.2 Å². The average Bonchev–Trinajstić information content (AvgIpc) is 3.85. The number of ether oxygens (including phenoxy) is 3. The molecular formula is C41H48ClN5O7S2. The molecule has 0 saturated heterocycles. The standard InChI is InChI=1S/C20H23N3O4S.C17H20O.C4H5ClN2O2S/c1-22-13-12-20(21-22)28(24,25)23(14-16-4-8-18(26-2)9-5-16)15-17-6-10-19(27-3)11-7-17;1-14-6-8-15(9-7-14)4-3-5-16-10-12-17(18-2)13-11-16;1-7-3-2-4(6-7)10(5,8)9/h4-13H,14-15H2,1-3H3;6-13H,3-5H2,1-2H3;2-3H,1H3. The summed E-state index contributed by atoms with van der Waals surface area (Å²) < 4.78 is 67.2. The van der Waals surface area contributed by atoms with Gasteiger partial charge in [-0.25, -0.2) is 16.8 Å². The SMILES string of the molecule is COc1ccc(CCCc2ccc(C)cc2)cc1.COc1ccc(CN(Cc2ccc(OC)cc2)S(=O)(=O)c2ccn(C)n2)cc1.Cn1ccc(S(=O)(=O)Cl)n1. The Morgan fingerprint density at radius 1 is 0.554 bits per heavy atom. The van der Waals surface area contributed by atoms with E-state index in [1.807, 2.05) is 60.7 Å². The normalized spacial score (nSPS) is 11.2. The van der Waals surface area contributed by atoms with Gasteiger partial charge in [0.25, 0.3) is 19.1 Å². The number of methoxy groups -OCH3 is 3. The van der Waals surface area contributed by atoms with Crippen LogP contribution in [0.2, 0.25) is 0 Å². The van der Waals surface area contributed by atoms with E-state index in [0.717, 1.165) is 41.2 Å². The van der Waals surface area contributed by atoms with Gasteiger partial charge in [0.05, 0.1) is 21.3 Å². The molecule has 0 aliphatic carbocycles. The van der Waals surface area contributed by atoms with E-state index >= 15 is 0 Å². The molecule has 0 aliphatic heterocycles. The first-order valence-electron chi connectivity index (χ1n) is 17.6. The average molecular weight is 822 g/mol. The summed E-state index contributed by atoms with van der Waals surface area (Å²) >= 11 is 0. The summed E-state index contributed by atoms with van der Waals surface area (Å²) in [6, 6.07) is 34.7. The third-order valence-corrected chi connectivity index (χ3v) is 11.4. The lowest BCUT2D eigenvalue weighted by Gasteiger charge is -2.21. The van der Waals surface area contributed by atoms with Crippen molar-refractivity contribution in [2.24, 2.45) is 14.1 Å². The number of hydrogen-bond acceptors (Lipinski definition) is 9. The van der Waals surface area contributed by atoms with Crippen LogP contribution >= 0.6 is 10.7 Å². The van der Waals surface area contributed by atoms with Gasteiger partial charge in [-0.3, -0.25) is 9.36 Å². The van der Waals surface area contributed by atoms with Crippen molar-refractivity contribution in [2.75, 3.05) is 21.3 Å². The van der Waals surface area contributed by atoms with Crippen LogP contribution in [0.25, 0.3) is 0 Å². The van der Waals surface area contributed by atoms with Crippen molar-refractivity contribution in [2.45, 2.75) is 49.3 Å². The minimum Gasteiger partial charge on any atom is -0.497 e. The van der Waals surface area contributed by atoms with Gasteiger partial charge in [0.2, 0.25) is 0 Å². The molecule has 56 heavy (non-hydrogen) atoms. The smallest absolute Gasteiger partial charge is 0.280 e. The molecule has 0 aliphatic rings. The van der Waals surface area contributed by atoms with E-state index in [1.165, 1.54) is 55.1 Å². The predicted octanol–water partition coefficient (Wildman–Crippen LogP) is 7.35. The van der Waals surface area contributed by atoms with Gasteiger partial charge in [0.15, 0.2) is 10.1 Å². The second-order valence-electron chi connectivity index (χ2n) is 12.7. The van der Waals surface area contributed by atoms with Gasteiger partial charge >= 0.3 is 0 Å². The molecule has 0 N–H and O–H groups in total. The fourth-order valence-corrected chi connectivity index (χ4v) is 7.39. The van der Waals surface area contributed by atoms with E-state index in [9.17, 15) is 16.8 Å². The number of benzene rings is 4. The Kier molecular flexibility index (Phi) is 16.1. The molecule has 15 heteroatoms. The predicted molar refractivity (Wildman–Crippen MR) is 218 cm³/mol. The van der Waals surface area contributed by atoms with Crippen LogP contribution in [0.15, 0.2) is 132 Å². The third kappa shape index (κ3) is 13.6. The lowest BCUT2D eigenvalue weighted by molar-refractivity contribution is 0.395. The van der Waals surface area contributed by atoms with Crippen molar-refractivity contribution < 1.29 is 31.0 Å². The quantitative estimate of drug-likeness (QED) is 0.103. The first-order chi connectivity index (χ1) is 26.7. The summed E-state index contributed by atoms with van der Waals surface area (Å²) in [7, 11) is 5.75. The van der Waals surface area contributed by atoms with Gasteiger partial charge in [-0.1, -0.05) is 66.2 Å². The Balaban J connectivity index is 0.000000211. The third-order valence-electron chi connectivity index (χ3n) is 8.48. The Morgan fingerprint density at radius 3 is 1.23 bits per heavy atom. The summed E-state index contributed by atoms with van der Waals surface area (Å²) in [5.41, 5.74) is 5.84. The minimum absolute atomic E-state index is 0.0250. The second-order valence-corrected chi connectivity index (χ2v) is 17.1. The maximum atomic E-state index is 13.2. The van der Waals surface area contributed by atoms with E-state index in [0.29, 0.717) is 0 Å². The molecule has 0 radical (unpaired) electrons. The van der Waals surface area contributed by atoms with Crippen molar-refractivity contribution in [1.29, 1.82) is 0 Å². The highest BCUT2D eigenvalue weighted by Gasteiger charge is 2.27. The van der Waals surface area contributed by atoms with Crippen LogP contribution in [0.3, 0.4) is 0 Å². The molecule has 298 valence electrons. The van der Waals surface area contributed by atoms with Crippen molar-refractivity contribution in [3.05, 3.63) is 149 Å². The highest BCUT2D eigenvalue weighted by Crippen LogP contribution is 2.23. The largest absolute Gasteiger partial charge is 0.497 e. The summed E-state index contributed by atoms with van der Waals surface area (Å²) in [5, 5.41) is 7.58. The fraction of sp³-hybridized carbons (Fsp3) is 0.268. The van der Waals surface area contributed by atoms with E-state index in [-0.39, 0.29) is 23.1 Å². The van der Waals surface area contributed by atoms with Gasteiger partial charge in [0.1, 0.15) is 17.2 Å². The Bertz CT molecular complexity index is 2260. The molecule has 0 unspecified atom stereocenters. The van der Waals surface area contributed by atoms with Crippen molar-refractivity contribution >= 4 is 29.8 Å². The number of nitrogens with zero attached hydrogens (tertiary/aromatic N) is 5. The van der Waals surface area contributed by atoms with Gasteiger partial charge in [-0.2, -0.15) is 14.5 Å². The van der Waals surface area contributed by atoms with E-state index < -0.39 is 19.1 Å². The van der Waals surface area contributed by atoms with Gasteiger partial charge < -0.3 is 14.2 Å². The fourth-order valence-electron chi connectivity index (χ4n) is 5.33. The maximum absolute atomic E-state index is 13.2. The molecular weight excluding hydrogens is 774 g/mol. The molecule has 0 fully saturated rings. The molecule has 2 aromatic heterocycles. The van der Waals surface area contributed by atoms with Crippen LogP contribution in [0.5, 0.6) is 17.2 Å². The van der Waals surface area contributed by atoms with Crippen LogP contribution < -0.4 is 14.2 Å². The number of halogens is 1. The lowest BCUT2D eigenvalue weighted by Crippen LogP contribution is -2.30. The lowest BCUT2D eigenvalue weighted by atomic mass is 10.0. The molecule has 0 atom stereocenters. The zero-order valence-corrected chi connectivity index (χ0v) is 34.8. The molecule has 0 amide bonds. The zero-order valence-electron chi connectivity index (χ0n) is 32.4. The summed E-state index contributed by atoms with van der Waals surface area (Å²) in [4.78, 5) is 0. The number of sulfonamides is 1. The molecule has 0 bridgehead atoms. The van der Waals surface area contributed by atoms with Crippen molar-refractivity contribution in [1.82, 2.24) is 23.9 Å². The first kappa shape index (κ1) is 43.6. The molecule has 12 nitrogen and oxygen atoms in total. The zero-order chi connectivity index (χ0) is 40.7. The molecule has 4 aromatic carbocycles. The van der Waals surface area contributed by atoms with Gasteiger partial charge in [-0.15, -0.1) is 0 Å². The molecule has 2 heterocycles. The first-order valence-corrected chi connectivity index (χ1v) is 21.3. The molecule has 0 saturated carbocycles. The molecule has 0 spiro atoms. The summed E-state index contributed by atoms with van der Waals surface area (Å²) in [6.07, 6.45) is 6.58. The van der Waals surface area contributed by atoms with E-state index in [4.69, 9.17) is 24.9 Å². The molecule has 6 aromatic rings. The number of aromatic nitrogens is 4. The van der Waals surface area contributed by atoms with Crippen LogP contribution in [0, 0.1) is 6.92 Å².